The Kier molecular flexibility index (Phi) is 3.68. The van der Waals surface area contributed by atoms with Crippen LogP contribution in [0.1, 0.15) is 12.5 Å². The minimum atomic E-state index is -0.485. The molecule has 0 saturated heterocycles. The van der Waals surface area contributed by atoms with Crippen molar-refractivity contribution in [2.75, 3.05) is 5.32 Å². The van der Waals surface area contributed by atoms with Crippen LogP contribution in [-0.4, -0.2) is 11.9 Å². The van der Waals surface area contributed by atoms with Crippen molar-refractivity contribution < 1.29 is 9.18 Å². The molecule has 1 amide bonds. The third-order valence-corrected chi connectivity index (χ3v) is 2.67. The summed E-state index contributed by atoms with van der Waals surface area (Å²) in [6.07, 6.45) is 0. The number of anilines is 1. The molecule has 1 aromatic rings. The van der Waals surface area contributed by atoms with Crippen molar-refractivity contribution in [3.8, 4) is 0 Å². The van der Waals surface area contributed by atoms with E-state index in [1.807, 2.05) is 0 Å². The van der Waals surface area contributed by atoms with Gasteiger partial charge in [-0.2, -0.15) is 0 Å². The van der Waals surface area contributed by atoms with Crippen LogP contribution >= 0.6 is 15.9 Å². The summed E-state index contributed by atoms with van der Waals surface area (Å²) in [5.74, 6) is -0.778. The maximum absolute atomic E-state index is 13.1. The zero-order chi connectivity index (χ0) is 11.6. The molecule has 0 aromatic heterocycles. The van der Waals surface area contributed by atoms with Crippen molar-refractivity contribution in [3.05, 3.63) is 28.0 Å². The predicted octanol–water partition coefficient (Wildman–Crippen LogP) is 2.18. The summed E-state index contributed by atoms with van der Waals surface area (Å²) in [5.41, 5.74) is 6.53. The van der Waals surface area contributed by atoms with E-state index < -0.39 is 11.9 Å². The van der Waals surface area contributed by atoms with E-state index >= 15 is 0 Å². The molecule has 15 heavy (non-hydrogen) atoms. The Bertz CT molecular complexity index is 395. The summed E-state index contributed by atoms with van der Waals surface area (Å²) >= 11 is 3.08. The summed E-state index contributed by atoms with van der Waals surface area (Å²) in [5, 5.41) is 2.91. The summed E-state index contributed by atoms with van der Waals surface area (Å²) in [7, 11) is 0. The molecule has 3 nitrogen and oxygen atoms in total. The number of amides is 1. The van der Waals surface area contributed by atoms with E-state index in [-0.39, 0.29) is 5.82 Å². The highest BCUT2D eigenvalue weighted by Crippen LogP contribution is 2.24. The average molecular weight is 275 g/mol. The van der Waals surface area contributed by atoms with Crippen LogP contribution in [0, 0.1) is 12.7 Å². The Morgan fingerprint density at radius 2 is 2.20 bits per heavy atom. The van der Waals surface area contributed by atoms with E-state index in [9.17, 15) is 9.18 Å². The fourth-order valence-electron chi connectivity index (χ4n) is 1.11. The SMILES string of the molecule is Cc1cc(F)c(Br)cc1NC(C)C(N)=O. The number of halogens is 2. The van der Waals surface area contributed by atoms with E-state index in [0.717, 1.165) is 5.56 Å². The largest absolute Gasteiger partial charge is 0.374 e. The Hall–Kier alpha value is -1.10. The highest BCUT2D eigenvalue weighted by Gasteiger charge is 2.11. The predicted molar refractivity (Wildman–Crippen MR) is 61.1 cm³/mol. The molecule has 1 aromatic carbocycles. The number of rotatable bonds is 3. The van der Waals surface area contributed by atoms with Gasteiger partial charge in [0.05, 0.1) is 4.47 Å². The van der Waals surface area contributed by atoms with E-state index in [1.165, 1.54) is 6.07 Å². The van der Waals surface area contributed by atoms with Crippen LogP contribution in [-0.2, 0) is 4.79 Å². The van der Waals surface area contributed by atoms with Crippen molar-refractivity contribution in [3.63, 3.8) is 0 Å². The second-order valence-electron chi connectivity index (χ2n) is 3.35. The number of aryl methyl sites for hydroxylation is 1. The molecule has 0 heterocycles. The van der Waals surface area contributed by atoms with Gasteiger partial charge in [-0.25, -0.2) is 4.39 Å². The summed E-state index contributed by atoms with van der Waals surface area (Å²) < 4.78 is 13.4. The standard InChI is InChI=1S/C10H12BrFN2O/c1-5-3-8(12)7(11)4-9(5)14-6(2)10(13)15/h3-4,6,14H,1-2H3,(H2,13,15). The molecule has 0 spiro atoms. The first-order valence-electron chi connectivity index (χ1n) is 4.43. The summed E-state index contributed by atoms with van der Waals surface area (Å²) in [6, 6.07) is 2.49. The van der Waals surface area contributed by atoms with Crippen LogP contribution in [0.4, 0.5) is 10.1 Å². The second kappa shape index (κ2) is 4.61. The molecular formula is C10H12BrFN2O. The lowest BCUT2D eigenvalue weighted by Gasteiger charge is -2.14. The third kappa shape index (κ3) is 2.92. The normalized spacial score (nSPS) is 12.3. The number of hydrogen-bond donors (Lipinski definition) is 2. The Morgan fingerprint density at radius 3 is 2.73 bits per heavy atom. The number of carbonyl (C=O) groups excluding carboxylic acids is 1. The Morgan fingerprint density at radius 1 is 1.60 bits per heavy atom. The maximum Gasteiger partial charge on any atom is 0.239 e. The van der Waals surface area contributed by atoms with Crippen LogP contribution in [0.25, 0.3) is 0 Å². The van der Waals surface area contributed by atoms with Crippen molar-refractivity contribution in [1.29, 1.82) is 0 Å². The van der Waals surface area contributed by atoms with E-state index in [2.05, 4.69) is 21.2 Å². The summed E-state index contributed by atoms with van der Waals surface area (Å²) in [6.45, 7) is 3.41. The third-order valence-electron chi connectivity index (χ3n) is 2.07. The van der Waals surface area contributed by atoms with E-state index in [4.69, 9.17) is 5.73 Å². The molecule has 1 rings (SSSR count). The molecular weight excluding hydrogens is 263 g/mol. The molecule has 1 atom stereocenters. The molecule has 0 fully saturated rings. The van der Waals surface area contributed by atoms with Crippen LogP contribution in [0.5, 0.6) is 0 Å². The molecule has 0 radical (unpaired) electrons. The summed E-state index contributed by atoms with van der Waals surface area (Å²) in [4.78, 5) is 10.8. The fraction of sp³-hybridized carbons (Fsp3) is 0.300. The van der Waals surface area contributed by atoms with Crippen molar-refractivity contribution in [2.24, 2.45) is 5.73 Å². The lowest BCUT2D eigenvalue weighted by atomic mass is 10.1. The molecule has 3 N–H and O–H groups in total. The monoisotopic (exact) mass is 274 g/mol. The lowest BCUT2D eigenvalue weighted by molar-refractivity contribution is -0.118. The van der Waals surface area contributed by atoms with Gasteiger partial charge < -0.3 is 11.1 Å². The lowest BCUT2D eigenvalue weighted by Crippen LogP contribution is -2.32. The quantitative estimate of drug-likeness (QED) is 0.888. The molecule has 0 aliphatic heterocycles. The minimum absolute atomic E-state index is 0.329. The molecule has 0 aliphatic rings. The van der Waals surface area contributed by atoms with Gasteiger partial charge in [0.25, 0.3) is 0 Å². The highest BCUT2D eigenvalue weighted by atomic mass is 79.9. The Balaban J connectivity index is 2.95. The smallest absolute Gasteiger partial charge is 0.239 e. The number of hydrogen-bond acceptors (Lipinski definition) is 2. The van der Waals surface area contributed by atoms with Gasteiger partial charge in [0.1, 0.15) is 11.9 Å². The van der Waals surface area contributed by atoms with Crippen LogP contribution in [0.15, 0.2) is 16.6 Å². The van der Waals surface area contributed by atoms with Gasteiger partial charge >= 0.3 is 0 Å². The van der Waals surface area contributed by atoms with Crippen molar-refractivity contribution in [2.45, 2.75) is 19.9 Å². The first kappa shape index (κ1) is 12.0. The zero-order valence-electron chi connectivity index (χ0n) is 8.47. The topological polar surface area (TPSA) is 55.1 Å². The van der Waals surface area contributed by atoms with Crippen LogP contribution < -0.4 is 11.1 Å². The highest BCUT2D eigenvalue weighted by molar-refractivity contribution is 9.10. The van der Waals surface area contributed by atoms with Gasteiger partial charge in [0.2, 0.25) is 5.91 Å². The molecule has 1 unspecified atom stereocenters. The molecule has 0 bridgehead atoms. The van der Waals surface area contributed by atoms with Gasteiger partial charge in [-0.15, -0.1) is 0 Å². The zero-order valence-corrected chi connectivity index (χ0v) is 10.1. The van der Waals surface area contributed by atoms with Crippen LogP contribution in [0.3, 0.4) is 0 Å². The van der Waals surface area contributed by atoms with Gasteiger partial charge in [-0.3, -0.25) is 4.79 Å². The number of primary amides is 1. The van der Waals surface area contributed by atoms with Gasteiger partial charge in [0, 0.05) is 5.69 Å². The average Bonchev–Trinajstić information content (AvgIpc) is 2.13. The van der Waals surface area contributed by atoms with E-state index in [1.54, 1.807) is 19.9 Å². The van der Waals surface area contributed by atoms with Gasteiger partial charge in [0.15, 0.2) is 0 Å². The van der Waals surface area contributed by atoms with Gasteiger partial charge in [-0.1, -0.05) is 0 Å². The van der Waals surface area contributed by atoms with Crippen molar-refractivity contribution in [1.82, 2.24) is 0 Å². The minimum Gasteiger partial charge on any atom is -0.374 e. The van der Waals surface area contributed by atoms with E-state index in [0.29, 0.717) is 10.2 Å². The van der Waals surface area contributed by atoms with Gasteiger partial charge in [-0.05, 0) is 47.5 Å². The second-order valence-corrected chi connectivity index (χ2v) is 4.20. The number of carbonyl (C=O) groups is 1. The molecule has 0 aliphatic carbocycles. The number of nitrogens with two attached hydrogens (primary N) is 1. The number of nitrogens with one attached hydrogen (secondary N) is 1. The first-order valence-corrected chi connectivity index (χ1v) is 5.22. The fourth-order valence-corrected chi connectivity index (χ4v) is 1.45. The van der Waals surface area contributed by atoms with Crippen molar-refractivity contribution >= 4 is 27.5 Å². The Labute approximate surface area is 96.0 Å². The number of benzene rings is 1. The van der Waals surface area contributed by atoms with Crippen LogP contribution in [0.2, 0.25) is 0 Å². The first-order chi connectivity index (χ1) is 6.91. The maximum atomic E-state index is 13.1. The molecule has 82 valence electrons. The molecule has 0 saturated carbocycles. The molecule has 5 heteroatoms.